The van der Waals surface area contributed by atoms with Gasteiger partial charge < -0.3 is 19.9 Å². The molecule has 0 aliphatic carbocycles. The third-order valence-electron chi connectivity index (χ3n) is 4.59. The number of hydrogen-bond acceptors (Lipinski definition) is 6. The van der Waals surface area contributed by atoms with Crippen LogP contribution in [0.5, 0.6) is 5.75 Å². The van der Waals surface area contributed by atoms with Crippen LogP contribution in [0.1, 0.15) is 17.0 Å². The van der Waals surface area contributed by atoms with Crippen molar-refractivity contribution in [2.24, 2.45) is 7.05 Å². The maximum Gasteiger partial charge on any atom is 0.258 e. The van der Waals surface area contributed by atoms with E-state index in [9.17, 15) is 9.59 Å². The molecule has 10 heteroatoms. The zero-order valence-electron chi connectivity index (χ0n) is 18.0. The van der Waals surface area contributed by atoms with Gasteiger partial charge in [-0.25, -0.2) is 0 Å². The predicted octanol–water partition coefficient (Wildman–Crippen LogP) is 3.46. The molecule has 2 aromatic carbocycles. The van der Waals surface area contributed by atoms with Crippen molar-refractivity contribution in [2.45, 2.75) is 25.5 Å². The summed E-state index contributed by atoms with van der Waals surface area (Å²) in [5, 5.41) is 14.5. The van der Waals surface area contributed by atoms with Gasteiger partial charge in [-0.15, -0.1) is 10.2 Å². The smallest absolute Gasteiger partial charge is 0.258 e. The number of aryl methyl sites for hydroxylation is 2. The Morgan fingerprint density at radius 1 is 1.06 bits per heavy atom. The summed E-state index contributed by atoms with van der Waals surface area (Å²) in [6.45, 7) is 4.02. The molecule has 8 nitrogen and oxygen atoms in total. The minimum Gasteiger partial charge on any atom is -0.483 e. The number of nitrogens with zero attached hydrogens (tertiary/aromatic N) is 3. The number of anilines is 1. The summed E-state index contributed by atoms with van der Waals surface area (Å²) >= 11 is 3.49. The molecule has 2 amide bonds. The van der Waals surface area contributed by atoms with E-state index in [0.29, 0.717) is 11.0 Å². The lowest BCUT2D eigenvalue weighted by atomic mass is 10.1. The molecule has 0 spiro atoms. The van der Waals surface area contributed by atoms with Crippen molar-refractivity contribution < 1.29 is 14.3 Å². The third-order valence-corrected chi connectivity index (χ3v) is 6.32. The third kappa shape index (κ3) is 6.70. The molecule has 2 N–H and O–H groups in total. The number of ether oxygens (including phenoxy) is 1. The fourth-order valence-corrected chi connectivity index (χ4v) is 3.97. The molecule has 0 aliphatic rings. The van der Waals surface area contributed by atoms with Gasteiger partial charge in [-0.1, -0.05) is 30.0 Å². The summed E-state index contributed by atoms with van der Waals surface area (Å²) < 4.78 is 8.53. The first-order chi connectivity index (χ1) is 15.3. The Morgan fingerprint density at radius 3 is 2.44 bits per heavy atom. The minimum atomic E-state index is -0.248. The highest BCUT2D eigenvalue weighted by Crippen LogP contribution is 2.22. The molecule has 0 aliphatic heterocycles. The van der Waals surface area contributed by atoms with Gasteiger partial charge in [0, 0.05) is 16.3 Å². The van der Waals surface area contributed by atoms with Gasteiger partial charge in [-0.2, -0.15) is 0 Å². The predicted molar refractivity (Wildman–Crippen MR) is 133 cm³/mol. The molecular weight excluding hydrogens is 541 g/mol. The maximum absolute atomic E-state index is 12.2. The average molecular weight is 565 g/mol. The number of nitrogens with one attached hydrogen (secondary N) is 2. The number of thioether (sulfide) groups is 1. The highest BCUT2D eigenvalue weighted by molar-refractivity contribution is 14.1. The molecule has 1 heterocycles. The molecule has 168 valence electrons. The van der Waals surface area contributed by atoms with Gasteiger partial charge in [-0.05, 0) is 71.8 Å². The van der Waals surface area contributed by atoms with Gasteiger partial charge in [0.2, 0.25) is 5.91 Å². The normalized spacial score (nSPS) is 10.6. The maximum atomic E-state index is 12.2. The molecule has 3 rings (SSSR count). The number of halogens is 1. The Morgan fingerprint density at radius 2 is 1.75 bits per heavy atom. The van der Waals surface area contributed by atoms with Gasteiger partial charge in [0.15, 0.2) is 17.6 Å². The molecule has 1 aromatic heterocycles. The summed E-state index contributed by atoms with van der Waals surface area (Å²) in [5.41, 5.74) is 2.72. The fourth-order valence-electron chi connectivity index (χ4n) is 2.88. The lowest BCUT2D eigenvalue weighted by Crippen LogP contribution is -2.29. The van der Waals surface area contributed by atoms with Crippen molar-refractivity contribution >= 4 is 51.9 Å². The molecule has 32 heavy (non-hydrogen) atoms. The molecule has 0 fully saturated rings. The van der Waals surface area contributed by atoms with E-state index in [1.54, 1.807) is 11.6 Å². The molecule has 0 saturated heterocycles. The van der Waals surface area contributed by atoms with E-state index in [0.717, 1.165) is 26.1 Å². The first kappa shape index (κ1) is 24.1. The summed E-state index contributed by atoms with van der Waals surface area (Å²) in [7, 11) is 1.80. The van der Waals surface area contributed by atoms with Gasteiger partial charge in [-0.3, -0.25) is 9.59 Å². The van der Waals surface area contributed by atoms with Crippen molar-refractivity contribution in [3.63, 3.8) is 0 Å². The van der Waals surface area contributed by atoms with Gasteiger partial charge in [0.1, 0.15) is 5.75 Å². The van der Waals surface area contributed by atoms with Crippen molar-refractivity contribution in [3.05, 3.63) is 63.0 Å². The lowest BCUT2D eigenvalue weighted by Gasteiger charge is -2.12. The lowest BCUT2D eigenvalue weighted by molar-refractivity contribution is -0.123. The molecule has 3 aromatic rings. The molecule has 0 saturated carbocycles. The van der Waals surface area contributed by atoms with Crippen LogP contribution < -0.4 is 15.4 Å². The number of carbonyl (C=O) groups is 2. The second-order valence-electron chi connectivity index (χ2n) is 7.09. The number of amides is 2. The molecule has 0 bridgehead atoms. The van der Waals surface area contributed by atoms with Crippen LogP contribution in [0.15, 0.2) is 47.6 Å². The molecular formula is C22H24IN5O3S. The first-order valence-corrected chi connectivity index (χ1v) is 11.9. The number of carbonyl (C=O) groups excluding carboxylic acids is 2. The van der Waals surface area contributed by atoms with Crippen LogP contribution in [0.2, 0.25) is 0 Å². The van der Waals surface area contributed by atoms with E-state index in [1.807, 2.05) is 56.3 Å². The van der Waals surface area contributed by atoms with E-state index < -0.39 is 0 Å². The van der Waals surface area contributed by atoms with Crippen molar-refractivity contribution in [1.29, 1.82) is 0 Å². The van der Waals surface area contributed by atoms with Gasteiger partial charge in [0.25, 0.3) is 5.91 Å². The monoisotopic (exact) mass is 565 g/mol. The number of rotatable bonds is 9. The van der Waals surface area contributed by atoms with Gasteiger partial charge >= 0.3 is 0 Å². The minimum absolute atomic E-state index is 0.0795. The number of benzene rings is 2. The number of aromatic nitrogens is 3. The Labute approximate surface area is 204 Å². The number of hydrogen-bond donors (Lipinski definition) is 2. The highest BCUT2D eigenvalue weighted by Gasteiger charge is 2.13. The average Bonchev–Trinajstić information content (AvgIpc) is 3.11. The Kier molecular flexibility index (Phi) is 8.51. The first-order valence-electron chi connectivity index (χ1n) is 9.85. The number of para-hydroxylation sites is 1. The van der Waals surface area contributed by atoms with Crippen molar-refractivity contribution in [2.75, 3.05) is 17.7 Å². The van der Waals surface area contributed by atoms with Crippen LogP contribution in [0.4, 0.5) is 5.69 Å². The summed E-state index contributed by atoms with van der Waals surface area (Å²) in [6, 6.07) is 13.4. The Hall–Kier alpha value is -2.60. The quantitative estimate of drug-likeness (QED) is 0.305. The van der Waals surface area contributed by atoms with E-state index >= 15 is 0 Å². The van der Waals surface area contributed by atoms with E-state index in [2.05, 4.69) is 43.4 Å². The zero-order valence-corrected chi connectivity index (χ0v) is 21.0. The van der Waals surface area contributed by atoms with Crippen LogP contribution in [-0.2, 0) is 23.2 Å². The second kappa shape index (κ2) is 11.3. The summed E-state index contributed by atoms with van der Waals surface area (Å²) in [4.78, 5) is 24.4. The Bertz CT molecular complexity index is 1080. The second-order valence-corrected chi connectivity index (χ2v) is 9.28. The molecule has 0 atom stereocenters. The molecule has 0 unspecified atom stereocenters. The van der Waals surface area contributed by atoms with E-state index in [4.69, 9.17) is 4.74 Å². The van der Waals surface area contributed by atoms with Crippen molar-refractivity contribution in [1.82, 2.24) is 20.1 Å². The van der Waals surface area contributed by atoms with Crippen LogP contribution in [0.3, 0.4) is 0 Å². The topological polar surface area (TPSA) is 98.1 Å². The Balaban J connectivity index is 1.45. The van der Waals surface area contributed by atoms with E-state index in [1.165, 1.54) is 11.8 Å². The summed E-state index contributed by atoms with van der Waals surface area (Å²) in [5.74, 6) is 1.14. The largest absolute Gasteiger partial charge is 0.483 e. The standard InChI is InChI=1S/C22H24IN5O3S/c1-14-5-4-6-15(2)21(14)31-12-19(29)24-11-18-26-27-22(28(18)3)32-13-20(30)25-17-9-7-16(23)8-10-17/h4-10H,11-13H2,1-3H3,(H,24,29)(H,25,30). The van der Waals surface area contributed by atoms with Crippen LogP contribution in [0, 0.1) is 17.4 Å². The van der Waals surface area contributed by atoms with Gasteiger partial charge in [0.05, 0.1) is 12.3 Å². The zero-order chi connectivity index (χ0) is 23.1. The van der Waals surface area contributed by atoms with E-state index in [-0.39, 0.29) is 30.7 Å². The fraction of sp³-hybridized carbons (Fsp3) is 0.273. The van der Waals surface area contributed by atoms with Crippen LogP contribution >= 0.6 is 34.4 Å². The summed E-state index contributed by atoms with van der Waals surface area (Å²) in [6.07, 6.45) is 0. The molecule has 0 radical (unpaired) electrons. The van der Waals surface area contributed by atoms with Crippen LogP contribution in [0.25, 0.3) is 0 Å². The van der Waals surface area contributed by atoms with Crippen LogP contribution in [-0.4, -0.2) is 38.9 Å². The highest BCUT2D eigenvalue weighted by atomic mass is 127. The SMILES string of the molecule is Cc1cccc(C)c1OCC(=O)NCc1nnc(SCC(=O)Nc2ccc(I)cc2)n1C. The van der Waals surface area contributed by atoms with Crippen molar-refractivity contribution in [3.8, 4) is 5.75 Å².